The fraction of sp³-hybridized carbons (Fsp3) is 0.867. The Labute approximate surface area is 120 Å². The van der Waals surface area contributed by atoms with Crippen LogP contribution in [0.1, 0.15) is 39.0 Å². The average molecular weight is 283 g/mol. The topological polar surface area (TPSA) is 75.6 Å². The number of ether oxygens (including phenoxy) is 1. The summed E-state index contributed by atoms with van der Waals surface area (Å²) in [6, 6.07) is 0. The molecule has 0 saturated heterocycles. The maximum absolute atomic E-state index is 12.1. The number of hydrogen-bond donors (Lipinski definition) is 2. The van der Waals surface area contributed by atoms with E-state index < -0.39 is 11.9 Å². The smallest absolute Gasteiger partial charge is 0.307 e. The van der Waals surface area contributed by atoms with E-state index in [0.717, 1.165) is 18.9 Å². The van der Waals surface area contributed by atoms with Crippen molar-refractivity contribution in [2.45, 2.75) is 39.0 Å². The molecule has 0 bridgehead atoms. The molecule has 3 atom stereocenters. The van der Waals surface area contributed by atoms with Crippen LogP contribution in [0.5, 0.6) is 0 Å². The summed E-state index contributed by atoms with van der Waals surface area (Å²) >= 11 is 0. The monoisotopic (exact) mass is 283 g/mol. The zero-order valence-electron chi connectivity index (χ0n) is 12.1. The highest BCUT2D eigenvalue weighted by Crippen LogP contribution is 2.38. The minimum absolute atomic E-state index is 0.122. The Morgan fingerprint density at radius 1 is 1.20 bits per heavy atom. The highest BCUT2D eigenvalue weighted by Gasteiger charge is 2.41. The summed E-state index contributed by atoms with van der Waals surface area (Å²) in [6.45, 7) is 3.83. The van der Waals surface area contributed by atoms with Crippen LogP contribution in [0.15, 0.2) is 0 Å². The molecule has 2 fully saturated rings. The lowest BCUT2D eigenvalue weighted by Gasteiger charge is -2.15. The predicted molar refractivity (Wildman–Crippen MR) is 74.2 cm³/mol. The fourth-order valence-corrected chi connectivity index (χ4v) is 2.95. The third-order valence-electron chi connectivity index (χ3n) is 4.49. The lowest BCUT2D eigenvalue weighted by atomic mass is 9.95. The third kappa shape index (κ3) is 4.20. The van der Waals surface area contributed by atoms with Gasteiger partial charge < -0.3 is 15.2 Å². The largest absolute Gasteiger partial charge is 0.481 e. The summed E-state index contributed by atoms with van der Waals surface area (Å²) in [4.78, 5) is 23.3. The van der Waals surface area contributed by atoms with Gasteiger partial charge in [0.15, 0.2) is 0 Å². The normalized spacial score (nSPS) is 29.4. The van der Waals surface area contributed by atoms with Gasteiger partial charge in [0.05, 0.1) is 18.4 Å². The molecule has 5 heteroatoms. The van der Waals surface area contributed by atoms with Gasteiger partial charge in [0, 0.05) is 13.2 Å². The molecule has 0 aromatic heterocycles. The second-order valence-corrected chi connectivity index (χ2v) is 6.11. The molecule has 0 aliphatic heterocycles. The molecule has 2 saturated carbocycles. The summed E-state index contributed by atoms with van der Waals surface area (Å²) < 4.78 is 5.46. The highest BCUT2D eigenvalue weighted by atomic mass is 16.5. The van der Waals surface area contributed by atoms with Gasteiger partial charge in [-0.15, -0.1) is 0 Å². The number of carboxylic acid groups (broad SMARTS) is 1. The molecule has 20 heavy (non-hydrogen) atoms. The van der Waals surface area contributed by atoms with E-state index in [-0.39, 0.29) is 11.8 Å². The van der Waals surface area contributed by atoms with Crippen LogP contribution in [0.2, 0.25) is 0 Å². The second-order valence-electron chi connectivity index (χ2n) is 6.11. The molecular formula is C15H25NO4. The van der Waals surface area contributed by atoms with Crippen LogP contribution in [-0.2, 0) is 14.3 Å². The predicted octanol–water partition coefficient (Wildman–Crippen LogP) is 1.67. The van der Waals surface area contributed by atoms with Gasteiger partial charge in [0.1, 0.15) is 0 Å². The van der Waals surface area contributed by atoms with Crippen molar-refractivity contribution in [3.8, 4) is 0 Å². The Kier molecular flexibility index (Phi) is 5.40. The Morgan fingerprint density at radius 3 is 2.50 bits per heavy atom. The van der Waals surface area contributed by atoms with Gasteiger partial charge in [-0.25, -0.2) is 0 Å². The molecule has 1 amide bonds. The van der Waals surface area contributed by atoms with Gasteiger partial charge in [-0.05, 0) is 37.5 Å². The van der Waals surface area contributed by atoms with Gasteiger partial charge in [-0.1, -0.05) is 13.3 Å². The van der Waals surface area contributed by atoms with Crippen molar-refractivity contribution in [3.05, 3.63) is 0 Å². The number of aliphatic carboxylic acids is 1. The van der Waals surface area contributed by atoms with Crippen LogP contribution in [0.4, 0.5) is 0 Å². The van der Waals surface area contributed by atoms with Gasteiger partial charge in [-0.3, -0.25) is 9.59 Å². The maximum Gasteiger partial charge on any atom is 0.307 e. The highest BCUT2D eigenvalue weighted by molar-refractivity contribution is 5.85. The van der Waals surface area contributed by atoms with Crippen LogP contribution in [-0.4, -0.2) is 36.7 Å². The number of carbonyl (C=O) groups is 2. The molecule has 2 N–H and O–H groups in total. The van der Waals surface area contributed by atoms with Crippen molar-refractivity contribution in [1.29, 1.82) is 0 Å². The molecule has 0 radical (unpaired) electrons. The summed E-state index contributed by atoms with van der Waals surface area (Å²) in [6.07, 6.45) is 4.78. The van der Waals surface area contributed by atoms with Crippen molar-refractivity contribution in [2.24, 2.45) is 23.7 Å². The van der Waals surface area contributed by atoms with E-state index in [2.05, 4.69) is 12.2 Å². The number of hydrogen-bond acceptors (Lipinski definition) is 3. The Balaban J connectivity index is 1.70. The maximum atomic E-state index is 12.1. The van der Waals surface area contributed by atoms with E-state index >= 15 is 0 Å². The van der Waals surface area contributed by atoms with Gasteiger partial charge >= 0.3 is 5.97 Å². The van der Waals surface area contributed by atoms with Crippen LogP contribution < -0.4 is 5.32 Å². The van der Waals surface area contributed by atoms with Crippen LogP contribution in [0, 0.1) is 23.7 Å². The first-order valence-electron chi connectivity index (χ1n) is 7.70. The molecule has 1 unspecified atom stereocenters. The fourth-order valence-electron chi connectivity index (χ4n) is 2.95. The van der Waals surface area contributed by atoms with Crippen molar-refractivity contribution in [1.82, 2.24) is 5.32 Å². The Morgan fingerprint density at radius 2 is 1.90 bits per heavy atom. The van der Waals surface area contributed by atoms with Crippen LogP contribution >= 0.6 is 0 Å². The molecule has 0 heterocycles. The summed E-state index contributed by atoms with van der Waals surface area (Å²) in [5.41, 5.74) is 0. The van der Waals surface area contributed by atoms with Gasteiger partial charge in [-0.2, -0.15) is 0 Å². The second kappa shape index (κ2) is 7.07. The standard InChI is InChI=1S/C15H25NO4/c1-2-10-7-12(13(8-10)15(18)19)14(17)16-5-6-20-9-11-3-4-11/h10-13H,2-9H2,1H3,(H,16,17)(H,18,19)/t10?,12-,13+/m0/s1. The number of carboxylic acids is 1. The molecule has 2 rings (SSSR count). The molecule has 0 aromatic carbocycles. The lowest BCUT2D eigenvalue weighted by Crippen LogP contribution is -2.37. The minimum Gasteiger partial charge on any atom is -0.481 e. The summed E-state index contributed by atoms with van der Waals surface area (Å²) in [7, 11) is 0. The van der Waals surface area contributed by atoms with Gasteiger partial charge in [0.25, 0.3) is 0 Å². The first-order valence-corrected chi connectivity index (χ1v) is 7.70. The van der Waals surface area contributed by atoms with E-state index in [0.29, 0.717) is 31.9 Å². The molecule has 0 aromatic rings. The molecule has 2 aliphatic rings. The molecule has 114 valence electrons. The lowest BCUT2D eigenvalue weighted by molar-refractivity contribution is -0.146. The van der Waals surface area contributed by atoms with Gasteiger partial charge in [0.2, 0.25) is 5.91 Å². The van der Waals surface area contributed by atoms with Crippen molar-refractivity contribution < 1.29 is 19.4 Å². The minimum atomic E-state index is -0.842. The molecule has 0 spiro atoms. The van der Waals surface area contributed by atoms with E-state index in [4.69, 9.17) is 4.74 Å². The number of nitrogens with one attached hydrogen (secondary N) is 1. The Hall–Kier alpha value is -1.10. The average Bonchev–Trinajstić information content (AvgIpc) is 3.14. The quantitative estimate of drug-likeness (QED) is 0.664. The third-order valence-corrected chi connectivity index (χ3v) is 4.49. The number of carbonyl (C=O) groups excluding carboxylic acids is 1. The van der Waals surface area contributed by atoms with Crippen molar-refractivity contribution in [2.75, 3.05) is 19.8 Å². The number of amides is 1. The zero-order valence-corrected chi connectivity index (χ0v) is 12.1. The van der Waals surface area contributed by atoms with E-state index in [1.54, 1.807) is 0 Å². The van der Waals surface area contributed by atoms with Crippen molar-refractivity contribution >= 4 is 11.9 Å². The SMILES string of the molecule is CCC1C[C@H](C(=O)NCCOCC2CC2)[C@H](C(=O)O)C1. The van der Waals surface area contributed by atoms with E-state index in [1.807, 2.05) is 0 Å². The van der Waals surface area contributed by atoms with Crippen LogP contribution in [0.25, 0.3) is 0 Å². The summed E-state index contributed by atoms with van der Waals surface area (Å²) in [5.74, 6) is -0.775. The van der Waals surface area contributed by atoms with E-state index in [1.165, 1.54) is 12.8 Å². The number of rotatable bonds is 8. The van der Waals surface area contributed by atoms with Crippen molar-refractivity contribution in [3.63, 3.8) is 0 Å². The molecule has 2 aliphatic carbocycles. The van der Waals surface area contributed by atoms with Crippen LogP contribution in [0.3, 0.4) is 0 Å². The van der Waals surface area contributed by atoms with E-state index in [9.17, 15) is 14.7 Å². The molecular weight excluding hydrogens is 258 g/mol. The summed E-state index contributed by atoms with van der Waals surface area (Å²) in [5, 5.41) is 12.0. The first-order chi connectivity index (χ1) is 9.61. The Bertz CT molecular complexity index is 354. The first kappa shape index (κ1) is 15.3. The molecule has 5 nitrogen and oxygen atoms in total. The zero-order chi connectivity index (χ0) is 14.5.